The Morgan fingerprint density at radius 2 is 2.05 bits per heavy atom. The van der Waals surface area contributed by atoms with Crippen molar-refractivity contribution in [3.05, 3.63) is 54.1 Å². The topological polar surface area (TPSA) is 53.1 Å². The van der Waals surface area contributed by atoms with Crippen molar-refractivity contribution in [2.75, 3.05) is 13.2 Å². The van der Waals surface area contributed by atoms with Gasteiger partial charge < -0.3 is 15.0 Å². The molecule has 0 radical (unpaired) electrons. The maximum absolute atomic E-state index is 6.32. The summed E-state index contributed by atoms with van der Waals surface area (Å²) in [6.45, 7) is 4.51. The number of unbranched alkanes of at least 4 members (excludes halogenated alkanes) is 1. The molecule has 0 fully saturated rings. The predicted molar refractivity (Wildman–Crippen MR) is 85.0 cm³/mol. The molecular formula is C17H25N3O. The lowest BCUT2D eigenvalue weighted by Crippen LogP contribution is -2.19. The smallest absolute Gasteiger partial charge is 0.0949 e. The molecule has 114 valence electrons. The Bertz CT molecular complexity index is 510. The highest BCUT2D eigenvalue weighted by Gasteiger charge is 2.12. The van der Waals surface area contributed by atoms with Gasteiger partial charge in [0.1, 0.15) is 0 Å². The molecule has 0 saturated carbocycles. The molecule has 21 heavy (non-hydrogen) atoms. The Hall–Kier alpha value is -1.65. The third kappa shape index (κ3) is 4.99. The molecule has 1 aromatic carbocycles. The highest BCUT2D eigenvalue weighted by Crippen LogP contribution is 2.15. The molecule has 2 aromatic rings. The van der Waals surface area contributed by atoms with E-state index in [1.165, 1.54) is 5.56 Å². The Morgan fingerprint density at radius 1 is 1.24 bits per heavy atom. The van der Waals surface area contributed by atoms with Crippen LogP contribution < -0.4 is 5.73 Å². The summed E-state index contributed by atoms with van der Waals surface area (Å²) < 4.78 is 7.71. The number of nitrogens with zero attached hydrogens (tertiary/aromatic N) is 2. The number of benzene rings is 1. The quantitative estimate of drug-likeness (QED) is 0.721. The van der Waals surface area contributed by atoms with Crippen molar-refractivity contribution in [2.24, 2.45) is 5.73 Å². The summed E-state index contributed by atoms with van der Waals surface area (Å²) in [5, 5.41) is 0. The number of nitrogens with two attached hydrogens (primary N) is 1. The SMILES string of the molecule is CCCCOCCn1cncc1[C@H](N)Cc1ccccc1. The fourth-order valence-electron chi connectivity index (χ4n) is 2.31. The van der Waals surface area contributed by atoms with Crippen molar-refractivity contribution in [3.8, 4) is 0 Å². The lowest BCUT2D eigenvalue weighted by atomic mass is 10.0. The van der Waals surface area contributed by atoms with Crippen molar-refractivity contribution >= 4 is 0 Å². The zero-order valence-electron chi connectivity index (χ0n) is 12.7. The minimum atomic E-state index is -0.0365. The van der Waals surface area contributed by atoms with Gasteiger partial charge >= 0.3 is 0 Å². The van der Waals surface area contributed by atoms with Crippen LogP contribution in [0.15, 0.2) is 42.9 Å². The van der Waals surface area contributed by atoms with Crippen LogP contribution in [0.25, 0.3) is 0 Å². The van der Waals surface area contributed by atoms with E-state index in [-0.39, 0.29) is 6.04 Å². The molecule has 0 aliphatic rings. The normalized spacial score (nSPS) is 12.5. The number of aromatic nitrogens is 2. The molecule has 0 bridgehead atoms. The molecule has 2 N–H and O–H groups in total. The molecule has 2 rings (SSSR count). The average molecular weight is 287 g/mol. The van der Waals surface area contributed by atoms with Crippen molar-refractivity contribution in [2.45, 2.75) is 38.8 Å². The van der Waals surface area contributed by atoms with Crippen LogP contribution in [0.1, 0.15) is 37.1 Å². The molecule has 4 nitrogen and oxygen atoms in total. The van der Waals surface area contributed by atoms with Crippen LogP contribution in [0.4, 0.5) is 0 Å². The van der Waals surface area contributed by atoms with Crippen LogP contribution in [0.3, 0.4) is 0 Å². The van der Waals surface area contributed by atoms with Crippen LogP contribution in [-0.2, 0) is 17.7 Å². The minimum Gasteiger partial charge on any atom is -0.380 e. The highest BCUT2D eigenvalue weighted by atomic mass is 16.5. The van der Waals surface area contributed by atoms with E-state index in [9.17, 15) is 0 Å². The van der Waals surface area contributed by atoms with Crippen LogP contribution >= 0.6 is 0 Å². The molecule has 0 aliphatic heterocycles. The van der Waals surface area contributed by atoms with Gasteiger partial charge in [0.05, 0.1) is 24.7 Å². The second-order valence-electron chi connectivity index (χ2n) is 5.27. The van der Waals surface area contributed by atoms with Crippen LogP contribution in [0.2, 0.25) is 0 Å². The van der Waals surface area contributed by atoms with E-state index in [1.807, 2.05) is 30.7 Å². The third-order valence-corrected chi connectivity index (χ3v) is 3.54. The van der Waals surface area contributed by atoms with Crippen molar-refractivity contribution in [1.82, 2.24) is 9.55 Å². The number of hydrogen-bond acceptors (Lipinski definition) is 3. The van der Waals surface area contributed by atoms with E-state index in [1.54, 1.807) is 0 Å². The van der Waals surface area contributed by atoms with Gasteiger partial charge in [-0.25, -0.2) is 4.98 Å². The molecule has 0 spiro atoms. The summed E-state index contributed by atoms with van der Waals surface area (Å²) in [6.07, 6.45) is 6.80. The monoisotopic (exact) mass is 287 g/mol. The lowest BCUT2D eigenvalue weighted by molar-refractivity contribution is 0.123. The zero-order valence-corrected chi connectivity index (χ0v) is 12.7. The van der Waals surface area contributed by atoms with E-state index in [0.717, 1.165) is 38.1 Å². The summed E-state index contributed by atoms with van der Waals surface area (Å²) in [5.74, 6) is 0. The standard InChI is InChI=1S/C17H25N3O/c1-2-3-10-21-11-9-20-14-19-13-17(20)16(18)12-15-7-5-4-6-8-15/h4-8,13-14,16H,2-3,9-12,18H2,1H3/t16-/m1/s1. The van der Waals surface area contributed by atoms with Gasteiger partial charge in [-0.3, -0.25) is 0 Å². The van der Waals surface area contributed by atoms with Gasteiger partial charge in [-0.05, 0) is 18.4 Å². The molecule has 0 unspecified atom stereocenters. The Labute approximate surface area is 127 Å². The molecule has 1 aromatic heterocycles. The Morgan fingerprint density at radius 3 is 2.81 bits per heavy atom. The fourth-order valence-corrected chi connectivity index (χ4v) is 2.31. The van der Waals surface area contributed by atoms with E-state index >= 15 is 0 Å². The molecule has 0 amide bonds. The molecule has 1 atom stereocenters. The van der Waals surface area contributed by atoms with Crippen LogP contribution in [-0.4, -0.2) is 22.8 Å². The minimum absolute atomic E-state index is 0.0365. The van der Waals surface area contributed by atoms with E-state index < -0.39 is 0 Å². The summed E-state index contributed by atoms with van der Waals surface area (Å²) >= 11 is 0. The Balaban J connectivity index is 1.87. The Kier molecular flexibility index (Phi) is 6.44. The summed E-state index contributed by atoms with van der Waals surface area (Å²) in [7, 11) is 0. The maximum Gasteiger partial charge on any atom is 0.0949 e. The number of hydrogen-bond donors (Lipinski definition) is 1. The van der Waals surface area contributed by atoms with E-state index in [0.29, 0.717) is 6.61 Å². The van der Waals surface area contributed by atoms with Gasteiger partial charge in [0.2, 0.25) is 0 Å². The van der Waals surface area contributed by atoms with Crippen molar-refractivity contribution < 1.29 is 4.74 Å². The van der Waals surface area contributed by atoms with E-state index in [4.69, 9.17) is 10.5 Å². The average Bonchev–Trinajstić information content (AvgIpc) is 2.96. The van der Waals surface area contributed by atoms with Gasteiger partial charge in [-0.15, -0.1) is 0 Å². The first-order chi connectivity index (χ1) is 10.3. The number of imidazole rings is 1. The first-order valence-corrected chi connectivity index (χ1v) is 7.68. The molecule has 0 saturated heterocycles. The van der Waals surface area contributed by atoms with Gasteiger partial charge in [-0.2, -0.15) is 0 Å². The summed E-state index contributed by atoms with van der Waals surface area (Å²) in [6, 6.07) is 10.3. The summed E-state index contributed by atoms with van der Waals surface area (Å²) in [4.78, 5) is 4.23. The maximum atomic E-state index is 6.32. The predicted octanol–water partition coefficient (Wildman–Crippen LogP) is 2.94. The summed E-state index contributed by atoms with van der Waals surface area (Å²) in [5.41, 5.74) is 8.64. The fraction of sp³-hybridized carbons (Fsp3) is 0.471. The largest absolute Gasteiger partial charge is 0.380 e. The first kappa shape index (κ1) is 15.7. The van der Waals surface area contributed by atoms with Gasteiger partial charge in [0.25, 0.3) is 0 Å². The van der Waals surface area contributed by atoms with E-state index in [2.05, 4.69) is 28.6 Å². The second-order valence-corrected chi connectivity index (χ2v) is 5.27. The highest BCUT2D eigenvalue weighted by molar-refractivity contribution is 5.18. The second kappa shape index (κ2) is 8.60. The third-order valence-electron chi connectivity index (χ3n) is 3.54. The van der Waals surface area contributed by atoms with Gasteiger partial charge in [0.15, 0.2) is 0 Å². The van der Waals surface area contributed by atoms with Crippen molar-refractivity contribution in [3.63, 3.8) is 0 Å². The van der Waals surface area contributed by atoms with Crippen LogP contribution in [0, 0.1) is 0 Å². The lowest BCUT2D eigenvalue weighted by Gasteiger charge is -2.15. The molecule has 1 heterocycles. The zero-order chi connectivity index (χ0) is 14.9. The first-order valence-electron chi connectivity index (χ1n) is 7.68. The number of ether oxygens (including phenoxy) is 1. The molecular weight excluding hydrogens is 262 g/mol. The molecule has 0 aliphatic carbocycles. The van der Waals surface area contributed by atoms with Crippen LogP contribution in [0.5, 0.6) is 0 Å². The number of rotatable bonds is 9. The van der Waals surface area contributed by atoms with Crippen molar-refractivity contribution in [1.29, 1.82) is 0 Å². The van der Waals surface area contributed by atoms with Gasteiger partial charge in [0, 0.05) is 19.3 Å². The van der Waals surface area contributed by atoms with Gasteiger partial charge in [-0.1, -0.05) is 43.7 Å². The molecule has 4 heteroatoms.